The minimum atomic E-state index is -0.486. The van der Waals surface area contributed by atoms with Crippen LogP contribution in [0.3, 0.4) is 0 Å². The van der Waals surface area contributed by atoms with Crippen molar-refractivity contribution in [3.63, 3.8) is 0 Å². The first kappa shape index (κ1) is 19.2. The molecule has 0 saturated heterocycles. The number of benzene rings is 1. The topological polar surface area (TPSA) is 56.3 Å². The number of allylic oxidation sites excluding steroid dienone is 4. The number of para-hydroxylation sites is 1. The van der Waals surface area contributed by atoms with Gasteiger partial charge in [-0.2, -0.15) is 0 Å². The summed E-state index contributed by atoms with van der Waals surface area (Å²) in [6.07, 6.45) is 11.2. The molecule has 0 amide bonds. The van der Waals surface area contributed by atoms with Crippen molar-refractivity contribution in [2.75, 3.05) is 0 Å². The van der Waals surface area contributed by atoms with Gasteiger partial charge in [0.2, 0.25) is 5.78 Å². The molecule has 4 nitrogen and oxygen atoms in total. The van der Waals surface area contributed by atoms with E-state index >= 15 is 0 Å². The molecule has 0 spiro atoms. The van der Waals surface area contributed by atoms with Crippen molar-refractivity contribution in [1.29, 1.82) is 0 Å². The van der Waals surface area contributed by atoms with Gasteiger partial charge in [-0.3, -0.25) is 4.79 Å². The molecule has 1 heterocycles. The van der Waals surface area contributed by atoms with E-state index in [-0.39, 0.29) is 5.78 Å². The summed E-state index contributed by atoms with van der Waals surface area (Å²) in [5, 5.41) is 0.434. The van der Waals surface area contributed by atoms with Gasteiger partial charge in [-0.15, -0.1) is 11.3 Å². The van der Waals surface area contributed by atoms with E-state index in [2.05, 4.69) is 18.0 Å². The third kappa shape index (κ3) is 5.47. The fraction of sp³-hybridized carbons (Fsp3) is 0.318. The number of aromatic nitrogens is 1. The van der Waals surface area contributed by atoms with Crippen LogP contribution < -0.4 is 0 Å². The van der Waals surface area contributed by atoms with Gasteiger partial charge in [-0.05, 0) is 56.4 Å². The van der Waals surface area contributed by atoms with Crippen LogP contribution >= 0.6 is 11.3 Å². The van der Waals surface area contributed by atoms with Crippen LogP contribution in [0.1, 0.15) is 42.9 Å². The Kier molecular flexibility index (Phi) is 6.35. The summed E-state index contributed by atoms with van der Waals surface area (Å²) in [7, 11) is 0. The average Bonchev–Trinajstić information content (AvgIpc) is 3.09. The smallest absolute Gasteiger partial charge is 0.331 e. The lowest BCUT2D eigenvalue weighted by molar-refractivity contribution is -0.140. The van der Waals surface area contributed by atoms with Crippen LogP contribution in [0.5, 0.6) is 0 Å². The van der Waals surface area contributed by atoms with Crippen molar-refractivity contribution >= 4 is 33.3 Å². The zero-order chi connectivity index (χ0) is 19.2. The highest BCUT2D eigenvalue weighted by molar-refractivity contribution is 7.20. The molecule has 2 aromatic rings. The molecule has 3 rings (SSSR count). The third-order valence-corrected chi connectivity index (χ3v) is 5.46. The summed E-state index contributed by atoms with van der Waals surface area (Å²) >= 11 is 1.36. The maximum Gasteiger partial charge on any atom is 0.331 e. The zero-order valence-electron chi connectivity index (χ0n) is 15.6. The summed E-state index contributed by atoms with van der Waals surface area (Å²) in [5.41, 5.74) is 2.00. The van der Waals surface area contributed by atoms with Crippen molar-refractivity contribution < 1.29 is 14.3 Å². The highest BCUT2D eigenvalue weighted by Gasteiger charge is 2.11. The van der Waals surface area contributed by atoms with Crippen molar-refractivity contribution in [1.82, 2.24) is 4.98 Å². The molecular formula is C22H23NO3S. The molecule has 1 aromatic heterocycles. The third-order valence-electron chi connectivity index (χ3n) is 4.41. The van der Waals surface area contributed by atoms with Gasteiger partial charge < -0.3 is 4.74 Å². The second kappa shape index (κ2) is 8.91. The van der Waals surface area contributed by atoms with Crippen LogP contribution in [-0.4, -0.2) is 22.8 Å². The molecule has 1 aromatic carbocycles. The molecule has 0 bridgehead atoms. The molecule has 0 saturated carbocycles. The minimum absolute atomic E-state index is 0.184. The number of hydrogen-bond donors (Lipinski definition) is 0. The fourth-order valence-corrected chi connectivity index (χ4v) is 3.87. The van der Waals surface area contributed by atoms with Crippen LogP contribution in [-0.2, 0) is 9.53 Å². The number of thiazole rings is 1. The van der Waals surface area contributed by atoms with Gasteiger partial charge in [0.25, 0.3) is 0 Å². The largest absolute Gasteiger partial charge is 0.455 e. The Morgan fingerprint density at radius 3 is 2.89 bits per heavy atom. The van der Waals surface area contributed by atoms with Crippen LogP contribution in [0.25, 0.3) is 10.2 Å². The predicted molar refractivity (Wildman–Crippen MR) is 109 cm³/mol. The number of ketones is 1. The van der Waals surface area contributed by atoms with Gasteiger partial charge in [0.1, 0.15) is 6.10 Å². The van der Waals surface area contributed by atoms with Gasteiger partial charge in [0, 0.05) is 6.08 Å². The standard InChI is InChI=1S/C22H23NO3S/c1-15-6-5-7-17(14-15)11-13-21(25)26-16(2)10-12-19(24)22-23-18-8-3-4-9-20(18)27-22/h3-4,7-13,15-16H,5-6,14H2,1-2H3/b12-10-,13-11+/t15?,16-/m1/s1. The summed E-state index contributed by atoms with van der Waals surface area (Å²) in [6, 6.07) is 7.63. The number of ether oxygens (including phenoxy) is 1. The van der Waals surface area contributed by atoms with Crippen LogP contribution in [0.4, 0.5) is 0 Å². The molecule has 1 aliphatic carbocycles. The number of nitrogens with zero attached hydrogens (tertiary/aromatic N) is 1. The lowest BCUT2D eigenvalue weighted by Crippen LogP contribution is -2.11. The highest BCUT2D eigenvalue weighted by atomic mass is 32.1. The number of hydrogen-bond acceptors (Lipinski definition) is 5. The first-order chi connectivity index (χ1) is 13.0. The molecule has 1 unspecified atom stereocenters. The SMILES string of the molecule is CC1CCC=C(/C=C/C(=O)O[C@H](C)/C=C\C(=O)c2nc3ccccc3s2)C1. The maximum absolute atomic E-state index is 12.3. The molecular weight excluding hydrogens is 358 g/mol. The molecule has 1 aliphatic rings. The number of esters is 1. The van der Waals surface area contributed by atoms with Crippen molar-refractivity contribution in [2.45, 2.75) is 39.2 Å². The Balaban J connectivity index is 1.53. The Morgan fingerprint density at radius 1 is 1.30 bits per heavy atom. The first-order valence-electron chi connectivity index (χ1n) is 9.17. The Hall–Kier alpha value is -2.53. The molecule has 0 radical (unpaired) electrons. The zero-order valence-corrected chi connectivity index (χ0v) is 16.4. The molecule has 2 atom stereocenters. The highest BCUT2D eigenvalue weighted by Crippen LogP contribution is 2.24. The number of fused-ring (bicyclic) bond motifs is 1. The number of rotatable bonds is 6. The quantitative estimate of drug-likeness (QED) is 0.389. The van der Waals surface area contributed by atoms with Gasteiger partial charge in [-0.25, -0.2) is 9.78 Å². The van der Waals surface area contributed by atoms with Gasteiger partial charge >= 0.3 is 5.97 Å². The lowest BCUT2D eigenvalue weighted by Gasteiger charge is -2.16. The van der Waals surface area contributed by atoms with E-state index in [9.17, 15) is 9.59 Å². The predicted octanol–water partition coefficient (Wildman–Crippen LogP) is 5.27. The second-order valence-electron chi connectivity index (χ2n) is 6.85. The Labute approximate surface area is 163 Å². The Bertz CT molecular complexity index is 890. The summed E-state index contributed by atoms with van der Waals surface area (Å²) < 4.78 is 6.28. The Morgan fingerprint density at radius 2 is 2.11 bits per heavy atom. The molecule has 140 valence electrons. The average molecular weight is 381 g/mol. The first-order valence-corrected chi connectivity index (χ1v) is 9.99. The molecule has 27 heavy (non-hydrogen) atoms. The van der Waals surface area contributed by atoms with Crippen molar-refractivity contribution in [3.05, 3.63) is 65.2 Å². The molecule has 0 aliphatic heterocycles. The normalized spacial score (nSPS) is 18.7. The monoisotopic (exact) mass is 381 g/mol. The van der Waals surface area contributed by atoms with Crippen LogP contribution in [0, 0.1) is 5.92 Å². The van der Waals surface area contributed by atoms with E-state index < -0.39 is 12.1 Å². The van der Waals surface area contributed by atoms with Crippen molar-refractivity contribution in [3.8, 4) is 0 Å². The van der Waals surface area contributed by atoms with E-state index in [4.69, 9.17) is 4.74 Å². The van der Waals surface area contributed by atoms with E-state index in [1.165, 1.54) is 35.5 Å². The van der Waals surface area contributed by atoms with Crippen molar-refractivity contribution in [2.24, 2.45) is 5.92 Å². The minimum Gasteiger partial charge on any atom is -0.455 e. The van der Waals surface area contributed by atoms with Crippen LogP contribution in [0.15, 0.2) is 60.2 Å². The van der Waals surface area contributed by atoms with E-state index in [0.717, 1.165) is 23.1 Å². The fourth-order valence-electron chi connectivity index (χ4n) is 2.99. The summed E-state index contributed by atoms with van der Waals surface area (Å²) in [5.74, 6) is 0.0655. The number of carbonyl (C=O) groups excluding carboxylic acids is 2. The molecule has 5 heteroatoms. The summed E-state index contributed by atoms with van der Waals surface area (Å²) in [4.78, 5) is 28.5. The van der Waals surface area contributed by atoms with Gasteiger partial charge in [-0.1, -0.05) is 36.8 Å². The van der Waals surface area contributed by atoms with Crippen LogP contribution in [0.2, 0.25) is 0 Å². The maximum atomic E-state index is 12.3. The molecule has 0 fully saturated rings. The van der Waals surface area contributed by atoms with Gasteiger partial charge in [0.05, 0.1) is 10.2 Å². The second-order valence-corrected chi connectivity index (χ2v) is 7.88. The van der Waals surface area contributed by atoms with Gasteiger partial charge in [0.15, 0.2) is 5.01 Å². The van der Waals surface area contributed by atoms with E-state index in [1.807, 2.05) is 30.3 Å². The van der Waals surface area contributed by atoms with E-state index in [0.29, 0.717) is 10.9 Å². The molecule has 0 N–H and O–H groups in total. The lowest BCUT2D eigenvalue weighted by atomic mass is 9.90. The summed E-state index contributed by atoms with van der Waals surface area (Å²) in [6.45, 7) is 3.95. The number of carbonyl (C=O) groups is 2. The van der Waals surface area contributed by atoms with E-state index in [1.54, 1.807) is 13.0 Å².